The van der Waals surface area contributed by atoms with Crippen molar-refractivity contribution in [3.63, 3.8) is 0 Å². The van der Waals surface area contributed by atoms with Crippen molar-refractivity contribution in [1.29, 1.82) is 0 Å². The van der Waals surface area contributed by atoms with Crippen LogP contribution in [-0.4, -0.2) is 22.0 Å². The summed E-state index contributed by atoms with van der Waals surface area (Å²) < 4.78 is 0. The number of carboxylic acid groups (broad SMARTS) is 1. The van der Waals surface area contributed by atoms with Crippen molar-refractivity contribution in [2.24, 2.45) is 0 Å². The largest absolute Gasteiger partial charge is 0.481 e. The van der Waals surface area contributed by atoms with Gasteiger partial charge in [-0.3, -0.25) is 14.9 Å². The zero-order valence-electron chi connectivity index (χ0n) is 12.9. The molecule has 0 bridgehead atoms. The van der Waals surface area contributed by atoms with Gasteiger partial charge in [0.15, 0.2) is 5.13 Å². The Balaban J connectivity index is 1.91. The molecule has 3 aromatic rings. The van der Waals surface area contributed by atoms with E-state index in [1.165, 1.54) is 0 Å². The number of thiazole rings is 1. The van der Waals surface area contributed by atoms with E-state index in [4.69, 9.17) is 16.7 Å². The molecule has 0 saturated carbocycles. The van der Waals surface area contributed by atoms with Crippen molar-refractivity contribution >= 4 is 39.9 Å². The van der Waals surface area contributed by atoms with Gasteiger partial charge in [-0.2, -0.15) is 0 Å². The Morgan fingerprint density at radius 1 is 1.08 bits per heavy atom. The monoisotopic (exact) mass is 372 g/mol. The van der Waals surface area contributed by atoms with E-state index in [1.807, 2.05) is 6.07 Å². The van der Waals surface area contributed by atoms with Crippen LogP contribution in [0, 0.1) is 0 Å². The van der Waals surface area contributed by atoms with Crippen molar-refractivity contribution in [3.8, 4) is 11.3 Å². The van der Waals surface area contributed by atoms with Gasteiger partial charge in [-0.05, 0) is 24.3 Å². The highest BCUT2D eigenvalue weighted by molar-refractivity contribution is 7.16. The number of nitrogens with zero attached hydrogens (tertiary/aromatic N) is 1. The van der Waals surface area contributed by atoms with E-state index in [0.717, 1.165) is 16.9 Å². The lowest BCUT2D eigenvalue weighted by Gasteiger charge is -2.01. The summed E-state index contributed by atoms with van der Waals surface area (Å²) in [5, 5.41) is 12.8. The molecule has 1 heterocycles. The van der Waals surface area contributed by atoms with Gasteiger partial charge in [0.05, 0.1) is 12.1 Å². The maximum absolute atomic E-state index is 12.3. The number of hydrogen-bond acceptors (Lipinski definition) is 4. The van der Waals surface area contributed by atoms with E-state index in [1.54, 1.807) is 48.5 Å². The van der Waals surface area contributed by atoms with Gasteiger partial charge in [0, 0.05) is 21.0 Å². The number of aromatic nitrogens is 1. The minimum Gasteiger partial charge on any atom is -0.481 e. The lowest BCUT2D eigenvalue weighted by molar-refractivity contribution is -0.136. The summed E-state index contributed by atoms with van der Waals surface area (Å²) in [5.74, 6) is -1.25. The molecule has 2 N–H and O–H groups in total. The molecule has 2 aromatic carbocycles. The Morgan fingerprint density at radius 3 is 2.40 bits per heavy atom. The van der Waals surface area contributed by atoms with Gasteiger partial charge in [-0.15, -0.1) is 11.3 Å². The Bertz CT molecular complexity index is 908. The fraction of sp³-hybridized carbons (Fsp3) is 0.0556. The number of nitrogens with one attached hydrogen (secondary N) is 1. The maximum Gasteiger partial charge on any atom is 0.308 e. The number of carbonyl (C=O) groups excluding carboxylic acids is 1. The fourth-order valence-corrected chi connectivity index (χ4v) is 3.35. The number of aliphatic carboxylic acids is 1. The van der Waals surface area contributed by atoms with E-state index < -0.39 is 5.97 Å². The molecule has 0 fully saturated rings. The van der Waals surface area contributed by atoms with Crippen molar-refractivity contribution in [3.05, 3.63) is 70.1 Å². The smallest absolute Gasteiger partial charge is 0.308 e. The summed E-state index contributed by atoms with van der Waals surface area (Å²) in [7, 11) is 0. The number of halogens is 1. The second kappa shape index (κ2) is 7.46. The highest BCUT2D eigenvalue weighted by Gasteiger charge is 2.17. The highest BCUT2D eigenvalue weighted by Crippen LogP contribution is 2.32. The van der Waals surface area contributed by atoms with Gasteiger partial charge in [0.1, 0.15) is 0 Å². The molecule has 7 heteroatoms. The number of benzene rings is 2. The molecular weight excluding hydrogens is 360 g/mol. The quantitative estimate of drug-likeness (QED) is 0.698. The van der Waals surface area contributed by atoms with Crippen LogP contribution >= 0.6 is 22.9 Å². The second-order valence-electron chi connectivity index (χ2n) is 5.19. The third kappa shape index (κ3) is 4.23. The summed E-state index contributed by atoms with van der Waals surface area (Å²) in [5.41, 5.74) is 1.79. The van der Waals surface area contributed by atoms with Crippen LogP contribution < -0.4 is 5.32 Å². The maximum atomic E-state index is 12.3. The minimum atomic E-state index is -0.959. The van der Waals surface area contributed by atoms with Gasteiger partial charge < -0.3 is 5.11 Å². The molecule has 0 spiro atoms. The summed E-state index contributed by atoms with van der Waals surface area (Å²) in [6.45, 7) is 0. The van der Waals surface area contributed by atoms with Crippen molar-refractivity contribution in [2.45, 2.75) is 6.42 Å². The molecule has 1 aromatic heterocycles. The second-order valence-corrected chi connectivity index (χ2v) is 6.71. The molecule has 0 aliphatic heterocycles. The summed E-state index contributed by atoms with van der Waals surface area (Å²) in [4.78, 5) is 28.4. The Labute approximate surface area is 152 Å². The Hall–Kier alpha value is -2.70. The molecular formula is C18H13ClN2O3S. The molecule has 0 aliphatic carbocycles. The SMILES string of the molecule is O=C(O)Cc1sc(NC(=O)c2ccccc2)nc1-c1ccc(Cl)cc1. The predicted octanol–water partition coefficient (Wildman–Crippen LogP) is 4.34. The van der Waals surface area contributed by atoms with Crippen LogP contribution in [0.5, 0.6) is 0 Å². The number of carbonyl (C=O) groups is 2. The van der Waals surface area contributed by atoms with Crippen LogP contribution in [-0.2, 0) is 11.2 Å². The Morgan fingerprint density at radius 2 is 1.76 bits per heavy atom. The zero-order chi connectivity index (χ0) is 17.8. The third-order valence-corrected chi connectivity index (χ3v) is 4.61. The lowest BCUT2D eigenvalue weighted by atomic mass is 10.1. The molecule has 0 atom stereocenters. The highest BCUT2D eigenvalue weighted by atomic mass is 35.5. The van der Waals surface area contributed by atoms with E-state index in [0.29, 0.717) is 26.3 Å². The Kier molecular flexibility index (Phi) is 5.11. The molecule has 1 amide bonds. The van der Waals surface area contributed by atoms with Crippen molar-refractivity contribution in [2.75, 3.05) is 5.32 Å². The van der Waals surface area contributed by atoms with E-state index in [2.05, 4.69) is 10.3 Å². The molecule has 0 unspecified atom stereocenters. The topological polar surface area (TPSA) is 79.3 Å². The molecule has 126 valence electrons. The van der Waals surface area contributed by atoms with Crippen molar-refractivity contribution < 1.29 is 14.7 Å². The molecule has 0 radical (unpaired) electrons. The first-order valence-electron chi connectivity index (χ1n) is 7.37. The first-order valence-corrected chi connectivity index (χ1v) is 8.56. The van der Waals surface area contributed by atoms with Gasteiger partial charge in [-0.1, -0.05) is 41.9 Å². The lowest BCUT2D eigenvalue weighted by Crippen LogP contribution is -2.11. The van der Waals surface area contributed by atoms with Crippen LogP contribution in [0.4, 0.5) is 5.13 Å². The number of amides is 1. The number of anilines is 1. The van der Waals surface area contributed by atoms with E-state index in [9.17, 15) is 9.59 Å². The zero-order valence-corrected chi connectivity index (χ0v) is 14.5. The number of carboxylic acids is 1. The molecule has 25 heavy (non-hydrogen) atoms. The molecule has 5 nitrogen and oxygen atoms in total. The number of hydrogen-bond donors (Lipinski definition) is 2. The average molecular weight is 373 g/mol. The van der Waals surface area contributed by atoms with Gasteiger partial charge in [0.25, 0.3) is 5.91 Å². The van der Waals surface area contributed by atoms with Crippen LogP contribution in [0.2, 0.25) is 5.02 Å². The first kappa shape index (κ1) is 17.1. The summed E-state index contributed by atoms with van der Waals surface area (Å²) in [6.07, 6.45) is -0.170. The fourth-order valence-electron chi connectivity index (χ4n) is 2.25. The van der Waals surface area contributed by atoms with Crippen LogP contribution in [0.25, 0.3) is 11.3 Å². The third-order valence-electron chi connectivity index (χ3n) is 3.38. The molecule has 0 aliphatic rings. The average Bonchev–Trinajstić information content (AvgIpc) is 2.98. The van der Waals surface area contributed by atoms with Crippen LogP contribution in [0.1, 0.15) is 15.2 Å². The van der Waals surface area contributed by atoms with Crippen LogP contribution in [0.15, 0.2) is 54.6 Å². The van der Waals surface area contributed by atoms with Gasteiger partial charge in [-0.25, -0.2) is 4.98 Å². The summed E-state index contributed by atoms with van der Waals surface area (Å²) >= 11 is 7.05. The predicted molar refractivity (Wildman–Crippen MR) is 98.3 cm³/mol. The summed E-state index contributed by atoms with van der Waals surface area (Å²) in [6, 6.07) is 15.7. The molecule has 0 saturated heterocycles. The standard InChI is InChI=1S/C18H13ClN2O3S/c19-13-8-6-11(7-9-13)16-14(10-15(22)23)25-18(20-16)21-17(24)12-4-2-1-3-5-12/h1-9H,10H2,(H,22,23)(H,20,21,24). The first-order chi connectivity index (χ1) is 12.0. The van der Waals surface area contributed by atoms with Gasteiger partial charge >= 0.3 is 5.97 Å². The minimum absolute atomic E-state index is 0.170. The van der Waals surface area contributed by atoms with Crippen molar-refractivity contribution in [1.82, 2.24) is 4.98 Å². The van der Waals surface area contributed by atoms with Crippen LogP contribution in [0.3, 0.4) is 0 Å². The normalized spacial score (nSPS) is 10.4. The van der Waals surface area contributed by atoms with Gasteiger partial charge in [0.2, 0.25) is 0 Å². The molecule has 3 rings (SSSR count). The number of rotatable bonds is 5. The van der Waals surface area contributed by atoms with E-state index >= 15 is 0 Å². The van der Waals surface area contributed by atoms with E-state index in [-0.39, 0.29) is 12.3 Å².